The minimum absolute atomic E-state index is 0.261. The topological polar surface area (TPSA) is 26.3 Å². The predicted octanol–water partition coefficient (Wildman–Crippen LogP) is 3.74. The van der Waals surface area contributed by atoms with E-state index in [1.54, 1.807) is 0 Å². The Morgan fingerprint density at radius 2 is 2.05 bits per heavy atom. The maximum absolute atomic E-state index is 11.1. The zero-order valence-electron chi connectivity index (χ0n) is 11.8. The van der Waals surface area contributed by atoms with Crippen molar-refractivity contribution in [1.82, 2.24) is 0 Å². The molecule has 0 amide bonds. The molecule has 0 N–H and O–H groups in total. The fourth-order valence-electron chi connectivity index (χ4n) is 1.75. The maximum atomic E-state index is 11.1. The highest BCUT2D eigenvalue weighted by Gasteiger charge is 2.08. The lowest BCUT2D eigenvalue weighted by atomic mass is 10.1. The van der Waals surface area contributed by atoms with Gasteiger partial charge in [-0.25, -0.2) is 0 Å². The standard InChI is InChI=1S/C17H22O2/c1-3-4-5-9-12-17(19-15(2)18)14-13-16-10-7-6-8-11-16/h6-8,10-11,17H,3-5,13-14H2,1-2H3. The minimum atomic E-state index is -0.283. The Morgan fingerprint density at radius 3 is 2.68 bits per heavy atom. The molecule has 0 saturated heterocycles. The summed E-state index contributed by atoms with van der Waals surface area (Å²) in [7, 11) is 0. The fourth-order valence-corrected chi connectivity index (χ4v) is 1.75. The van der Waals surface area contributed by atoms with Crippen molar-refractivity contribution in [3.05, 3.63) is 35.9 Å². The Hall–Kier alpha value is -1.75. The Bertz CT molecular complexity index is 426. The number of carbonyl (C=O) groups is 1. The molecular weight excluding hydrogens is 236 g/mol. The number of aryl methyl sites for hydroxylation is 1. The molecule has 0 aromatic heterocycles. The van der Waals surface area contributed by atoms with Gasteiger partial charge in [-0.1, -0.05) is 55.5 Å². The van der Waals surface area contributed by atoms with Crippen LogP contribution in [0.2, 0.25) is 0 Å². The summed E-state index contributed by atoms with van der Waals surface area (Å²) in [6, 6.07) is 10.2. The van der Waals surface area contributed by atoms with Gasteiger partial charge in [0.2, 0.25) is 0 Å². The lowest BCUT2D eigenvalue weighted by Gasteiger charge is -2.10. The van der Waals surface area contributed by atoms with E-state index >= 15 is 0 Å². The summed E-state index contributed by atoms with van der Waals surface area (Å²) in [5, 5.41) is 0. The Morgan fingerprint density at radius 1 is 1.32 bits per heavy atom. The molecule has 0 aliphatic rings. The third-order valence-corrected chi connectivity index (χ3v) is 2.76. The van der Waals surface area contributed by atoms with Crippen LogP contribution in [0.5, 0.6) is 0 Å². The van der Waals surface area contributed by atoms with Gasteiger partial charge >= 0.3 is 5.97 Å². The van der Waals surface area contributed by atoms with Crippen LogP contribution in [-0.2, 0) is 16.0 Å². The number of rotatable bonds is 6. The lowest BCUT2D eigenvalue weighted by molar-refractivity contribution is -0.143. The van der Waals surface area contributed by atoms with Crippen molar-refractivity contribution in [2.45, 2.75) is 52.1 Å². The summed E-state index contributed by atoms with van der Waals surface area (Å²) in [4.78, 5) is 11.1. The Kier molecular flexibility index (Phi) is 7.43. The molecule has 0 radical (unpaired) electrons. The molecule has 19 heavy (non-hydrogen) atoms. The molecule has 1 aromatic carbocycles. The quantitative estimate of drug-likeness (QED) is 0.441. The number of ether oxygens (including phenoxy) is 1. The van der Waals surface area contributed by atoms with Crippen molar-refractivity contribution in [1.29, 1.82) is 0 Å². The normalized spacial score (nSPS) is 11.3. The van der Waals surface area contributed by atoms with Gasteiger partial charge in [0, 0.05) is 13.3 Å². The predicted molar refractivity (Wildman–Crippen MR) is 77.6 cm³/mol. The summed E-state index contributed by atoms with van der Waals surface area (Å²) < 4.78 is 5.24. The molecule has 0 spiro atoms. The average Bonchev–Trinajstić information content (AvgIpc) is 2.41. The van der Waals surface area contributed by atoms with E-state index in [9.17, 15) is 4.79 Å². The molecule has 2 nitrogen and oxygen atoms in total. The van der Waals surface area contributed by atoms with Gasteiger partial charge in [0.1, 0.15) is 0 Å². The first-order valence-electron chi connectivity index (χ1n) is 6.92. The SMILES string of the molecule is CCCCC#CC(CCc1ccccc1)OC(C)=O. The monoisotopic (exact) mass is 258 g/mol. The van der Waals surface area contributed by atoms with E-state index in [1.807, 2.05) is 18.2 Å². The zero-order chi connectivity index (χ0) is 13.9. The van der Waals surface area contributed by atoms with Crippen LogP contribution >= 0.6 is 0 Å². The first-order valence-corrected chi connectivity index (χ1v) is 6.92. The highest BCUT2D eigenvalue weighted by atomic mass is 16.5. The highest BCUT2D eigenvalue weighted by Crippen LogP contribution is 2.07. The van der Waals surface area contributed by atoms with E-state index in [4.69, 9.17) is 4.74 Å². The van der Waals surface area contributed by atoms with Crippen LogP contribution in [-0.4, -0.2) is 12.1 Å². The van der Waals surface area contributed by atoms with E-state index in [0.717, 1.165) is 32.1 Å². The van der Waals surface area contributed by atoms with Crippen LogP contribution in [0.25, 0.3) is 0 Å². The Labute approximate surface area is 116 Å². The molecule has 0 bridgehead atoms. The summed E-state index contributed by atoms with van der Waals surface area (Å²) in [5.74, 6) is 5.90. The van der Waals surface area contributed by atoms with Crippen molar-refractivity contribution >= 4 is 5.97 Å². The molecule has 2 heteroatoms. The highest BCUT2D eigenvalue weighted by molar-refractivity contribution is 5.66. The van der Waals surface area contributed by atoms with E-state index in [2.05, 4.69) is 30.9 Å². The summed E-state index contributed by atoms with van der Waals surface area (Å²) >= 11 is 0. The van der Waals surface area contributed by atoms with Gasteiger partial charge in [-0.2, -0.15) is 0 Å². The van der Waals surface area contributed by atoms with Crippen molar-refractivity contribution in [2.75, 3.05) is 0 Å². The molecule has 0 fully saturated rings. The number of carbonyl (C=O) groups excluding carboxylic acids is 1. The zero-order valence-corrected chi connectivity index (χ0v) is 11.8. The second-order valence-electron chi connectivity index (χ2n) is 4.55. The van der Waals surface area contributed by atoms with Crippen LogP contribution in [0.15, 0.2) is 30.3 Å². The van der Waals surface area contributed by atoms with Crippen LogP contribution in [0.1, 0.15) is 45.1 Å². The van der Waals surface area contributed by atoms with Gasteiger partial charge in [-0.3, -0.25) is 4.79 Å². The van der Waals surface area contributed by atoms with Crippen LogP contribution in [0, 0.1) is 11.8 Å². The van der Waals surface area contributed by atoms with Crippen molar-refractivity contribution in [2.24, 2.45) is 0 Å². The van der Waals surface area contributed by atoms with Gasteiger partial charge in [0.05, 0.1) is 0 Å². The van der Waals surface area contributed by atoms with Gasteiger partial charge in [0.15, 0.2) is 6.10 Å². The average molecular weight is 258 g/mol. The molecule has 0 heterocycles. The third-order valence-electron chi connectivity index (χ3n) is 2.76. The summed E-state index contributed by atoms with van der Waals surface area (Å²) in [5.41, 5.74) is 1.25. The van der Waals surface area contributed by atoms with Gasteiger partial charge in [-0.15, -0.1) is 0 Å². The molecule has 102 valence electrons. The van der Waals surface area contributed by atoms with Crippen LogP contribution in [0.4, 0.5) is 0 Å². The molecule has 1 atom stereocenters. The van der Waals surface area contributed by atoms with E-state index in [0.29, 0.717) is 0 Å². The molecular formula is C17H22O2. The number of unbranched alkanes of at least 4 members (excludes halogenated alkanes) is 2. The molecule has 0 saturated carbocycles. The van der Waals surface area contributed by atoms with Crippen LogP contribution < -0.4 is 0 Å². The summed E-state index contributed by atoms with van der Waals surface area (Å²) in [6.45, 7) is 3.57. The van der Waals surface area contributed by atoms with Gasteiger partial charge in [-0.05, 0) is 24.8 Å². The van der Waals surface area contributed by atoms with E-state index in [1.165, 1.54) is 12.5 Å². The number of esters is 1. The molecule has 1 rings (SSSR count). The minimum Gasteiger partial charge on any atom is -0.449 e. The van der Waals surface area contributed by atoms with E-state index < -0.39 is 0 Å². The Balaban J connectivity index is 2.48. The molecule has 1 aromatic rings. The maximum Gasteiger partial charge on any atom is 0.303 e. The fraction of sp³-hybridized carbons (Fsp3) is 0.471. The summed E-state index contributed by atoms with van der Waals surface area (Å²) in [6.07, 6.45) is 4.45. The molecule has 1 unspecified atom stereocenters. The molecule has 0 aliphatic carbocycles. The van der Waals surface area contributed by atoms with Crippen LogP contribution in [0.3, 0.4) is 0 Å². The van der Waals surface area contributed by atoms with Gasteiger partial charge < -0.3 is 4.74 Å². The smallest absolute Gasteiger partial charge is 0.303 e. The van der Waals surface area contributed by atoms with Crippen molar-refractivity contribution in [3.63, 3.8) is 0 Å². The second-order valence-corrected chi connectivity index (χ2v) is 4.55. The first-order chi connectivity index (χ1) is 9.22. The van der Waals surface area contributed by atoms with Crippen molar-refractivity contribution < 1.29 is 9.53 Å². The first kappa shape index (κ1) is 15.3. The number of hydrogen-bond acceptors (Lipinski definition) is 2. The van der Waals surface area contributed by atoms with Crippen molar-refractivity contribution in [3.8, 4) is 11.8 Å². The number of benzene rings is 1. The lowest BCUT2D eigenvalue weighted by Crippen LogP contribution is -2.15. The second kappa shape index (κ2) is 9.22. The third kappa shape index (κ3) is 7.31. The number of hydrogen-bond donors (Lipinski definition) is 0. The largest absolute Gasteiger partial charge is 0.449 e. The van der Waals surface area contributed by atoms with E-state index in [-0.39, 0.29) is 12.1 Å². The molecule has 0 aliphatic heterocycles. The van der Waals surface area contributed by atoms with Gasteiger partial charge in [0.25, 0.3) is 0 Å².